The molecule has 0 saturated carbocycles. The Bertz CT molecular complexity index is 415. The Morgan fingerprint density at radius 3 is 2.74 bits per heavy atom. The molecule has 23 heavy (non-hydrogen) atoms. The van der Waals surface area contributed by atoms with Crippen LogP contribution in [-0.4, -0.2) is 67.6 Å². The van der Waals surface area contributed by atoms with Gasteiger partial charge in [0.15, 0.2) is 0 Å². The van der Waals surface area contributed by atoms with Crippen molar-refractivity contribution in [3.63, 3.8) is 0 Å². The van der Waals surface area contributed by atoms with Gasteiger partial charge in [-0.05, 0) is 40.0 Å². The van der Waals surface area contributed by atoms with Crippen molar-refractivity contribution in [3.05, 3.63) is 0 Å². The number of ether oxygens (including phenoxy) is 3. The molecule has 2 atom stereocenters. The van der Waals surface area contributed by atoms with Gasteiger partial charge in [0, 0.05) is 19.7 Å². The van der Waals surface area contributed by atoms with Crippen molar-refractivity contribution >= 4 is 12.0 Å². The summed E-state index contributed by atoms with van der Waals surface area (Å²) < 4.78 is 16.1. The van der Waals surface area contributed by atoms with Gasteiger partial charge in [0.25, 0.3) is 0 Å². The van der Waals surface area contributed by atoms with Crippen LogP contribution < -0.4 is 5.32 Å². The first-order chi connectivity index (χ1) is 10.8. The van der Waals surface area contributed by atoms with Crippen molar-refractivity contribution in [2.45, 2.75) is 57.8 Å². The van der Waals surface area contributed by atoms with E-state index in [-0.39, 0.29) is 24.7 Å². The monoisotopic (exact) mass is 328 g/mol. The molecule has 7 nitrogen and oxygen atoms in total. The molecule has 2 amide bonds. The molecule has 0 aromatic carbocycles. The Hall–Kier alpha value is -1.34. The average molecular weight is 328 g/mol. The molecule has 2 aliphatic rings. The van der Waals surface area contributed by atoms with E-state index in [2.05, 4.69) is 5.32 Å². The van der Waals surface area contributed by atoms with E-state index in [9.17, 15) is 9.59 Å². The van der Waals surface area contributed by atoms with Gasteiger partial charge in [-0.1, -0.05) is 0 Å². The van der Waals surface area contributed by atoms with Gasteiger partial charge in [-0.2, -0.15) is 0 Å². The molecule has 2 heterocycles. The number of likely N-dealkylation sites (tertiary alicyclic amines) is 1. The Morgan fingerprint density at radius 2 is 2.09 bits per heavy atom. The van der Waals surface area contributed by atoms with Crippen LogP contribution in [-0.2, 0) is 19.0 Å². The second kappa shape index (κ2) is 7.97. The summed E-state index contributed by atoms with van der Waals surface area (Å²) in [6, 6.07) is -0.0630. The lowest BCUT2D eigenvalue weighted by molar-refractivity contribution is -0.136. The van der Waals surface area contributed by atoms with Crippen molar-refractivity contribution < 1.29 is 23.8 Å². The van der Waals surface area contributed by atoms with Crippen molar-refractivity contribution in [2.24, 2.45) is 0 Å². The maximum Gasteiger partial charge on any atom is 0.407 e. The SMILES string of the molecule is CC(C)(C)OC(=O)N[C@@H]1CCN(C(=O)COC[C@H]2CCCO2)C1. The zero-order chi connectivity index (χ0) is 16.9. The Kier molecular flexibility index (Phi) is 6.24. The Labute approximate surface area is 137 Å². The highest BCUT2D eigenvalue weighted by molar-refractivity contribution is 5.78. The fourth-order valence-electron chi connectivity index (χ4n) is 2.72. The molecule has 0 aromatic rings. The fraction of sp³-hybridized carbons (Fsp3) is 0.875. The van der Waals surface area contributed by atoms with Gasteiger partial charge in [-0.3, -0.25) is 4.79 Å². The summed E-state index contributed by atoms with van der Waals surface area (Å²) in [5.74, 6) is -0.0449. The molecule has 1 N–H and O–H groups in total. The van der Waals surface area contributed by atoms with Gasteiger partial charge in [-0.25, -0.2) is 4.79 Å². The summed E-state index contributed by atoms with van der Waals surface area (Å²) in [7, 11) is 0. The zero-order valence-corrected chi connectivity index (χ0v) is 14.3. The molecule has 132 valence electrons. The van der Waals surface area contributed by atoms with Crippen LogP contribution in [0.4, 0.5) is 4.79 Å². The van der Waals surface area contributed by atoms with Gasteiger partial charge in [0.05, 0.1) is 18.8 Å². The van der Waals surface area contributed by atoms with Gasteiger partial charge in [-0.15, -0.1) is 0 Å². The van der Waals surface area contributed by atoms with Crippen LogP contribution in [0.2, 0.25) is 0 Å². The number of carbonyl (C=O) groups is 2. The fourth-order valence-corrected chi connectivity index (χ4v) is 2.72. The number of alkyl carbamates (subject to hydrolysis) is 1. The number of amides is 2. The van der Waals surface area contributed by atoms with Gasteiger partial charge >= 0.3 is 6.09 Å². The molecule has 7 heteroatoms. The van der Waals surface area contributed by atoms with Crippen LogP contribution in [0.3, 0.4) is 0 Å². The Balaban J connectivity index is 1.63. The number of hydrogen-bond donors (Lipinski definition) is 1. The molecule has 0 aliphatic carbocycles. The highest BCUT2D eigenvalue weighted by Gasteiger charge is 2.29. The van der Waals surface area contributed by atoms with Gasteiger partial charge < -0.3 is 24.4 Å². The lowest BCUT2D eigenvalue weighted by atomic mass is 10.2. The highest BCUT2D eigenvalue weighted by Crippen LogP contribution is 2.14. The largest absolute Gasteiger partial charge is 0.444 e. The minimum Gasteiger partial charge on any atom is -0.444 e. The molecule has 2 rings (SSSR count). The van der Waals surface area contributed by atoms with E-state index >= 15 is 0 Å². The van der Waals surface area contributed by atoms with Crippen molar-refractivity contribution in [2.75, 3.05) is 32.9 Å². The molecule has 2 aliphatic heterocycles. The highest BCUT2D eigenvalue weighted by atomic mass is 16.6. The maximum atomic E-state index is 12.1. The number of nitrogens with one attached hydrogen (secondary N) is 1. The van der Waals surface area contributed by atoms with E-state index in [1.165, 1.54) is 0 Å². The van der Waals surface area contributed by atoms with E-state index in [4.69, 9.17) is 14.2 Å². The van der Waals surface area contributed by atoms with Crippen LogP contribution in [0.5, 0.6) is 0 Å². The summed E-state index contributed by atoms with van der Waals surface area (Å²) in [5.41, 5.74) is -0.519. The first kappa shape index (κ1) is 18.0. The molecule has 0 radical (unpaired) electrons. The number of nitrogens with zero attached hydrogens (tertiary/aromatic N) is 1. The van der Waals surface area contributed by atoms with Crippen LogP contribution in [0.25, 0.3) is 0 Å². The van der Waals surface area contributed by atoms with Crippen LogP contribution in [0.1, 0.15) is 40.0 Å². The maximum absolute atomic E-state index is 12.1. The molecule has 0 bridgehead atoms. The van der Waals surface area contributed by atoms with Crippen LogP contribution in [0.15, 0.2) is 0 Å². The lowest BCUT2D eigenvalue weighted by Gasteiger charge is -2.22. The predicted octanol–water partition coefficient (Wildman–Crippen LogP) is 1.31. The summed E-state index contributed by atoms with van der Waals surface area (Å²) >= 11 is 0. The third-order valence-electron chi connectivity index (χ3n) is 3.82. The number of carbonyl (C=O) groups excluding carboxylic acids is 2. The summed E-state index contributed by atoms with van der Waals surface area (Å²) in [5, 5.41) is 2.81. The smallest absolute Gasteiger partial charge is 0.407 e. The van der Waals surface area contributed by atoms with E-state index in [0.717, 1.165) is 25.9 Å². The van der Waals surface area contributed by atoms with E-state index in [0.29, 0.717) is 19.7 Å². The van der Waals surface area contributed by atoms with Crippen molar-refractivity contribution in [1.82, 2.24) is 10.2 Å². The number of hydrogen-bond acceptors (Lipinski definition) is 5. The average Bonchev–Trinajstić information content (AvgIpc) is 3.07. The van der Waals surface area contributed by atoms with Gasteiger partial charge in [0.1, 0.15) is 12.2 Å². The molecule has 0 aromatic heterocycles. The molecule has 2 saturated heterocycles. The van der Waals surface area contributed by atoms with E-state index < -0.39 is 11.7 Å². The normalized spacial score (nSPS) is 24.7. The van der Waals surface area contributed by atoms with Crippen molar-refractivity contribution in [3.8, 4) is 0 Å². The predicted molar refractivity (Wildman–Crippen MR) is 84.1 cm³/mol. The molecule has 0 unspecified atom stereocenters. The molecular weight excluding hydrogens is 300 g/mol. The third kappa shape index (κ3) is 6.35. The standard InChI is InChI=1S/C16H28N2O5/c1-16(2,3)23-15(20)17-12-6-7-18(9-12)14(19)11-21-10-13-5-4-8-22-13/h12-13H,4-11H2,1-3H3,(H,17,20)/t12-,13-/m1/s1. The molecule has 0 spiro atoms. The minimum absolute atomic E-state index is 0.0449. The minimum atomic E-state index is -0.519. The number of rotatable bonds is 5. The quantitative estimate of drug-likeness (QED) is 0.823. The second-order valence-corrected chi connectivity index (χ2v) is 7.12. The summed E-state index contributed by atoms with van der Waals surface area (Å²) in [6.07, 6.45) is 2.48. The molecule has 2 fully saturated rings. The van der Waals surface area contributed by atoms with Crippen molar-refractivity contribution in [1.29, 1.82) is 0 Å². The lowest BCUT2D eigenvalue weighted by Crippen LogP contribution is -2.41. The molecular formula is C16H28N2O5. The second-order valence-electron chi connectivity index (χ2n) is 7.12. The topological polar surface area (TPSA) is 77.1 Å². The summed E-state index contributed by atoms with van der Waals surface area (Å²) in [6.45, 7) is 7.92. The summed E-state index contributed by atoms with van der Waals surface area (Å²) in [4.78, 5) is 25.6. The van der Waals surface area contributed by atoms with E-state index in [1.54, 1.807) is 4.90 Å². The first-order valence-corrected chi connectivity index (χ1v) is 8.30. The van der Waals surface area contributed by atoms with Crippen LogP contribution in [0, 0.1) is 0 Å². The zero-order valence-electron chi connectivity index (χ0n) is 14.3. The first-order valence-electron chi connectivity index (χ1n) is 8.30. The third-order valence-corrected chi connectivity index (χ3v) is 3.82. The van der Waals surface area contributed by atoms with Gasteiger partial charge in [0.2, 0.25) is 5.91 Å². The van der Waals surface area contributed by atoms with Crippen LogP contribution >= 0.6 is 0 Å². The Morgan fingerprint density at radius 1 is 1.30 bits per heavy atom. The van der Waals surface area contributed by atoms with E-state index in [1.807, 2.05) is 20.8 Å².